The normalized spacial score (nSPS) is 18.5. The molecule has 0 spiro atoms. The topological polar surface area (TPSA) is 61.0 Å². The van der Waals surface area contributed by atoms with Crippen molar-refractivity contribution < 1.29 is 0 Å². The molecule has 1 fully saturated rings. The van der Waals surface area contributed by atoms with Crippen molar-refractivity contribution in [3.63, 3.8) is 0 Å². The molecule has 3 rings (SSSR count). The fraction of sp³-hybridized carbons (Fsp3) is 0.444. The minimum atomic E-state index is -0.378. The summed E-state index contributed by atoms with van der Waals surface area (Å²) < 4.78 is 0. The standard InChI is InChI=1S/C18H23ClN4O/c1-13-5-4-8-23(11-13)12-15-7-3-2-6-14(15)9-20-16-10-21-22-18(24)17(16)19/h2-3,6-7,10,13H,4-5,8-9,11-12H2,1H3,(H2,20,22,24). The van der Waals surface area contributed by atoms with E-state index in [1.165, 1.54) is 24.0 Å². The van der Waals surface area contributed by atoms with Crippen LogP contribution < -0.4 is 10.9 Å². The molecule has 6 heteroatoms. The number of likely N-dealkylation sites (tertiary alicyclic amines) is 1. The van der Waals surface area contributed by atoms with Crippen LogP contribution in [-0.2, 0) is 13.1 Å². The molecule has 128 valence electrons. The van der Waals surface area contributed by atoms with Gasteiger partial charge in [0.05, 0.1) is 11.9 Å². The summed E-state index contributed by atoms with van der Waals surface area (Å²) >= 11 is 6.02. The molecule has 1 saturated heterocycles. The predicted octanol–water partition coefficient (Wildman–Crippen LogP) is 3.27. The number of nitrogens with zero attached hydrogens (tertiary/aromatic N) is 2. The van der Waals surface area contributed by atoms with Crippen molar-refractivity contribution in [2.45, 2.75) is 32.9 Å². The molecule has 0 aliphatic carbocycles. The minimum absolute atomic E-state index is 0.146. The lowest BCUT2D eigenvalue weighted by Crippen LogP contribution is -2.34. The number of nitrogens with one attached hydrogen (secondary N) is 2. The third kappa shape index (κ3) is 4.16. The van der Waals surface area contributed by atoms with Gasteiger partial charge < -0.3 is 5.32 Å². The number of anilines is 1. The number of piperidine rings is 1. The molecule has 1 aromatic heterocycles. The molecule has 0 radical (unpaired) electrons. The Hall–Kier alpha value is -1.85. The Balaban J connectivity index is 1.70. The summed E-state index contributed by atoms with van der Waals surface area (Å²) in [5.74, 6) is 0.768. The largest absolute Gasteiger partial charge is 0.378 e. The second-order valence-corrected chi connectivity index (χ2v) is 6.91. The highest BCUT2D eigenvalue weighted by Crippen LogP contribution is 2.21. The summed E-state index contributed by atoms with van der Waals surface area (Å²) in [5, 5.41) is 9.48. The highest BCUT2D eigenvalue weighted by atomic mass is 35.5. The van der Waals surface area contributed by atoms with Crippen molar-refractivity contribution >= 4 is 17.3 Å². The quantitative estimate of drug-likeness (QED) is 0.872. The van der Waals surface area contributed by atoms with Crippen molar-refractivity contribution in [1.82, 2.24) is 15.1 Å². The summed E-state index contributed by atoms with van der Waals surface area (Å²) in [6.45, 7) is 6.22. The molecule has 0 bridgehead atoms. The summed E-state index contributed by atoms with van der Waals surface area (Å²) in [5.41, 5.74) is 2.71. The van der Waals surface area contributed by atoms with Crippen LogP contribution in [0.15, 0.2) is 35.3 Å². The van der Waals surface area contributed by atoms with Crippen molar-refractivity contribution in [2.75, 3.05) is 18.4 Å². The third-order valence-electron chi connectivity index (χ3n) is 4.52. The summed E-state index contributed by atoms with van der Waals surface area (Å²) in [4.78, 5) is 14.0. The lowest BCUT2D eigenvalue weighted by Gasteiger charge is -2.31. The van der Waals surface area contributed by atoms with Gasteiger partial charge in [-0.15, -0.1) is 0 Å². The smallest absolute Gasteiger partial charge is 0.285 e. The van der Waals surface area contributed by atoms with Crippen molar-refractivity contribution in [2.24, 2.45) is 5.92 Å². The van der Waals surface area contributed by atoms with E-state index < -0.39 is 0 Å². The van der Waals surface area contributed by atoms with Crippen LogP contribution in [0.3, 0.4) is 0 Å². The molecule has 2 aromatic rings. The van der Waals surface area contributed by atoms with Gasteiger partial charge in [0.1, 0.15) is 5.02 Å². The van der Waals surface area contributed by atoms with Gasteiger partial charge >= 0.3 is 0 Å². The van der Waals surface area contributed by atoms with E-state index in [2.05, 4.69) is 45.5 Å². The molecule has 1 atom stereocenters. The number of H-pyrrole nitrogens is 1. The first-order valence-corrected chi connectivity index (χ1v) is 8.77. The predicted molar refractivity (Wildman–Crippen MR) is 97.3 cm³/mol. The molecule has 1 aromatic carbocycles. The molecule has 5 nitrogen and oxygen atoms in total. The Morgan fingerprint density at radius 1 is 1.38 bits per heavy atom. The average molecular weight is 347 g/mol. The Morgan fingerprint density at radius 2 is 2.17 bits per heavy atom. The number of halogens is 1. The van der Waals surface area contributed by atoms with E-state index in [0.29, 0.717) is 12.2 Å². The van der Waals surface area contributed by atoms with Crippen LogP contribution in [-0.4, -0.2) is 28.2 Å². The summed E-state index contributed by atoms with van der Waals surface area (Å²) in [7, 11) is 0. The highest BCUT2D eigenvalue weighted by Gasteiger charge is 2.17. The van der Waals surface area contributed by atoms with Gasteiger partial charge in [-0.25, -0.2) is 5.10 Å². The first-order chi connectivity index (χ1) is 11.6. The van der Waals surface area contributed by atoms with Gasteiger partial charge in [-0.3, -0.25) is 9.69 Å². The van der Waals surface area contributed by atoms with Crippen molar-refractivity contribution in [1.29, 1.82) is 0 Å². The first-order valence-electron chi connectivity index (χ1n) is 8.39. The maximum absolute atomic E-state index is 11.5. The van der Waals surface area contributed by atoms with Gasteiger partial charge in [0.25, 0.3) is 5.56 Å². The van der Waals surface area contributed by atoms with E-state index >= 15 is 0 Å². The van der Waals surface area contributed by atoms with Crippen molar-refractivity contribution in [3.8, 4) is 0 Å². The van der Waals surface area contributed by atoms with E-state index in [0.717, 1.165) is 25.6 Å². The van der Waals surface area contributed by atoms with Crippen LogP contribution in [0.1, 0.15) is 30.9 Å². The second kappa shape index (κ2) is 7.81. The fourth-order valence-corrected chi connectivity index (χ4v) is 3.41. The van der Waals surface area contributed by atoms with E-state index in [1.807, 2.05) is 6.07 Å². The molecule has 1 aliphatic rings. The van der Waals surface area contributed by atoms with E-state index in [4.69, 9.17) is 11.6 Å². The zero-order valence-corrected chi connectivity index (χ0v) is 14.6. The van der Waals surface area contributed by atoms with Crippen LogP contribution in [0.4, 0.5) is 5.69 Å². The molecule has 0 amide bonds. The number of rotatable bonds is 5. The first kappa shape index (κ1) is 17.0. The molecule has 1 aliphatic heterocycles. The molecule has 0 saturated carbocycles. The van der Waals surface area contributed by atoms with Crippen LogP contribution >= 0.6 is 11.6 Å². The molecule has 2 N–H and O–H groups in total. The van der Waals surface area contributed by atoms with E-state index in [1.54, 1.807) is 6.20 Å². The number of hydrogen-bond donors (Lipinski definition) is 2. The SMILES string of the molecule is CC1CCCN(Cc2ccccc2CNc2cn[nH]c(=O)c2Cl)C1. The van der Waals surface area contributed by atoms with Gasteiger partial charge in [0.2, 0.25) is 0 Å². The van der Waals surface area contributed by atoms with Gasteiger partial charge in [0, 0.05) is 19.6 Å². The van der Waals surface area contributed by atoms with Crippen LogP contribution in [0.25, 0.3) is 0 Å². The Labute approximate surface area is 147 Å². The number of hydrogen-bond acceptors (Lipinski definition) is 4. The van der Waals surface area contributed by atoms with Gasteiger partial charge in [-0.1, -0.05) is 42.8 Å². The number of aromatic nitrogens is 2. The van der Waals surface area contributed by atoms with E-state index in [-0.39, 0.29) is 10.6 Å². The lowest BCUT2D eigenvalue weighted by molar-refractivity contribution is 0.176. The maximum Gasteiger partial charge on any atom is 0.285 e. The lowest BCUT2D eigenvalue weighted by atomic mass is 9.99. The van der Waals surface area contributed by atoms with Gasteiger partial charge in [-0.05, 0) is 36.4 Å². The van der Waals surface area contributed by atoms with Crippen molar-refractivity contribution in [3.05, 3.63) is 57.0 Å². The third-order valence-corrected chi connectivity index (χ3v) is 4.89. The monoisotopic (exact) mass is 346 g/mol. The zero-order valence-electron chi connectivity index (χ0n) is 13.9. The highest BCUT2D eigenvalue weighted by molar-refractivity contribution is 6.32. The second-order valence-electron chi connectivity index (χ2n) is 6.53. The number of aromatic amines is 1. The maximum atomic E-state index is 11.5. The fourth-order valence-electron chi connectivity index (χ4n) is 3.25. The summed E-state index contributed by atoms with van der Waals surface area (Å²) in [6, 6.07) is 8.41. The van der Waals surface area contributed by atoms with Crippen LogP contribution in [0, 0.1) is 5.92 Å². The Kier molecular flexibility index (Phi) is 5.53. The molecular formula is C18H23ClN4O. The van der Waals surface area contributed by atoms with Gasteiger partial charge in [0.15, 0.2) is 0 Å². The summed E-state index contributed by atoms with van der Waals surface area (Å²) in [6.07, 6.45) is 4.14. The Bertz CT molecular complexity index is 746. The molecule has 24 heavy (non-hydrogen) atoms. The molecule has 2 heterocycles. The van der Waals surface area contributed by atoms with Crippen LogP contribution in [0.2, 0.25) is 5.02 Å². The number of benzene rings is 1. The van der Waals surface area contributed by atoms with E-state index in [9.17, 15) is 4.79 Å². The Morgan fingerprint density at radius 3 is 2.96 bits per heavy atom. The average Bonchev–Trinajstić information content (AvgIpc) is 2.57. The van der Waals surface area contributed by atoms with Gasteiger partial charge in [-0.2, -0.15) is 5.10 Å². The minimum Gasteiger partial charge on any atom is -0.378 e. The van der Waals surface area contributed by atoms with Crippen LogP contribution in [0.5, 0.6) is 0 Å². The molecular weight excluding hydrogens is 324 g/mol. The molecule has 1 unspecified atom stereocenters. The zero-order chi connectivity index (χ0) is 16.9.